The van der Waals surface area contributed by atoms with Crippen molar-refractivity contribution in [2.45, 2.75) is 25.8 Å². The number of benzene rings is 1. The Morgan fingerprint density at radius 2 is 2.21 bits per heavy atom. The van der Waals surface area contributed by atoms with Gasteiger partial charge in [0.25, 0.3) is 0 Å². The zero-order valence-corrected chi connectivity index (χ0v) is 14.5. The molecule has 0 aromatic heterocycles. The van der Waals surface area contributed by atoms with E-state index < -0.39 is 0 Å². The van der Waals surface area contributed by atoms with Crippen LogP contribution in [-0.4, -0.2) is 17.6 Å². The highest BCUT2D eigenvalue weighted by Gasteiger charge is 2.16. The Bertz CT molecular complexity index is 450. The van der Waals surface area contributed by atoms with Gasteiger partial charge >= 0.3 is 0 Å². The summed E-state index contributed by atoms with van der Waals surface area (Å²) in [5, 5.41) is 12.5. The second-order valence-electron chi connectivity index (χ2n) is 4.67. The maximum absolute atomic E-state index is 9.38. The molecule has 0 aliphatic heterocycles. The van der Waals surface area contributed by atoms with E-state index in [-0.39, 0.29) is 29.7 Å². The molecule has 6 heteroatoms. The van der Waals surface area contributed by atoms with Crippen molar-refractivity contribution in [2.24, 2.45) is 16.6 Å². The van der Waals surface area contributed by atoms with Gasteiger partial charge in [-0.2, -0.15) is 0 Å². The highest BCUT2D eigenvalue weighted by atomic mass is 127. The molecule has 4 N–H and O–H groups in total. The van der Waals surface area contributed by atoms with E-state index in [1.807, 2.05) is 12.1 Å². The van der Waals surface area contributed by atoms with Gasteiger partial charge in [-0.25, -0.2) is 4.99 Å². The maximum Gasteiger partial charge on any atom is 0.188 e. The van der Waals surface area contributed by atoms with E-state index in [1.54, 1.807) is 6.07 Å². The molecule has 0 spiro atoms. The van der Waals surface area contributed by atoms with Crippen LogP contribution in [0.4, 0.5) is 0 Å². The molecule has 0 amide bonds. The number of aliphatic imine (C=N–C) groups is 1. The van der Waals surface area contributed by atoms with Gasteiger partial charge in [0.05, 0.1) is 11.0 Å². The van der Waals surface area contributed by atoms with Gasteiger partial charge in [-0.05, 0) is 52.4 Å². The van der Waals surface area contributed by atoms with Crippen LogP contribution >= 0.6 is 39.9 Å². The minimum Gasteiger partial charge on any atom is -0.507 e. The van der Waals surface area contributed by atoms with Crippen LogP contribution < -0.4 is 11.1 Å². The van der Waals surface area contributed by atoms with Crippen LogP contribution in [0.5, 0.6) is 5.75 Å². The molecule has 106 valence electrons. The van der Waals surface area contributed by atoms with Crippen molar-refractivity contribution in [3.05, 3.63) is 28.2 Å². The fourth-order valence-electron chi connectivity index (χ4n) is 1.83. The first kappa shape index (κ1) is 16.6. The fraction of sp³-hybridized carbons (Fsp3) is 0.462. The number of rotatable bonds is 4. The fourth-order valence-corrected chi connectivity index (χ4v) is 2.25. The molecule has 0 radical (unpaired) electrons. The summed E-state index contributed by atoms with van der Waals surface area (Å²) in [5.74, 6) is 1.49. The first-order valence-electron chi connectivity index (χ1n) is 6.16. The van der Waals surface area contributed by atoms with Gasteiger partial charge < -0.3 is 16.2 Å². The summed E-state index contributed by atoms with van der Waals surface area (Å²) in [6.45, 7) is 1.44. The lowest BCUT2D eigenvalue weighted by Crippen LogP contribution is -2.37. The van der Waals surface area contributed by atoms with Gasteiger partial charge in [0.2, 0.25) is 0 Å². The second-order valence-corrected chi connectivity index (χ2v) is 5.52. The number of aromatic hydroxyl groups is 1. The monoisotopic (exact) mass is 439 g/mol. The summed E-state index contributed by atoms with van der Waals surface area (Å²) in [7, 11) is 0. The SMILES string of the molecule is I.NC(=NCc1ccc(O)c(Br)c1)NCC1CCC1. The maximum atomic E-state index is 9.38. The number of guanidine groups is 1. The topological polar surface area (TPSA) is 70.6 Å². The zero-order valence-electron chi connectivity index (χ0n) is 10.6. The molecule has 1 aromatic rings. The van der Waals surface area contributed by atoms with Crippen molar-refractivity contribution in [3.8, 4) is 5.75 Å². The number of nitrogens with two attached hydrogens (primary N) is 1. The Kier molecular flexibility index (Phi) is 6.92. The van der Waals surface area contributed by atoms with E-state index in [0.29, 0.717) is 17.0 Å². The Hall–Kier alpha value is -0.500. The average molecular weight is 440 g/mol. The van der Waals surface area contributed by atoms with Crippen LogP contribution in [-0.2, 0) is 6.54 Å². The van der Waals surface area contributed by atoms with Crippen LogP contribution in [0.3, 0.4) is 0 Å². The van der Waals surface area contributed by atoms with Crippen LogP contribution in [0.25, 0.3) is 0 Å². The molecular formula is C13H19BrIN3O. The smallest absolute Gasteiger partial charge is 0.188 e. The van der Waals surface area contributed by atoms with Crippen molar-refractivity contribution >= 4 is 45.9 Å². The first-order valence-corrected chi connectivity index (χ1v) is 6.95. The minimum atomic E-state index is 0. The predicted molar refractivity (Wildman–Crippen MR) is 91.9 cm³/mol. The van der Waals surface area contributed by atoms with E-state index in [0.717, 1.165) is 18.0 Å². The molecule has 0 saturated heterocycles. The molecule has 1 aliphatic carbocycles. The Labute approximate surface area is 139 Å². The number of nitrogens with zero attached hydrogens (tertiary/aromatic N) is 1. The highest BCUT2D eigenvalue weighted by molar-refractivity contribution is 14.0. The van der Waals surface area contributed by atoms with Crippen molar-refractivity contribution in [1.29, 1.82) is 0 Å². The summed E-state index contributed by atoms with van der Waals surface area (Å²) in [6.07, 6.45) is 3.93. The van der Waals surface area contributed by atoms with Gasteiger partial charge in [0.15, 0.2) is 5.96 Å². The molecule has 1 saturated carbocycles. The Balaban J connectivity index is 0.00000180. The number of hydrogen-bond acceptors (Lipinski definition) is 2. The molecule has 0 bridgehead atoms. The lowest BCUT2D eigenvalue weighted by atomic mass is 9.85. The third kappa shape index (κ3) is 5.18. The van der Waals surface area contributed by atoms with E-state index in [2.05, 4.69) is 26.2 Å². The molecule has 0 atom stereocenters. The summed E-state index contributed by atoms with van der Waals surface area (Å²) in [5.41, 5.74) is 6.80. The van der Waals surface area contributed by atoms with E-state index in [9.17, 15) is 5.11 Å². The molecule has 0 heterocycles. The third-order valence-corrected chi connectivity index (χ3v) is 3.88. The third-order valence-electron chi connectivity index (χ3n) is 3.24. The summed E-state index contributed by atoms with van der Waals surface area (Å²) in [4.78, 5) is 4.28. The highest BCUT2D eigenvalue weighted by Crippen LogP contribution is 2.25. The van der Waals surface area contributed by atoms with Gasteiger partial charge in [-0.15, -0.1) is 24.0 Å². The Morgan fingerprint density at radius 3 is 2.79 bits per heavy atom. The number of hydrogen-bond donors (Lipinski definition) is 3. The van der Waals surface area contributed by atoms with E-state index >= 15 is 0 Å². The standard InChI is InChI=1S/C13H18BrN3O.HI/c14-11-6-10(4-5-12(11)18)8-17-13(15)16-7-9-2-1-3-9;/h4-6,9,18H,1-3,7-8H2,(H3,15,16,17);1H. The number of phenolic OH excluding ortho intramolecular Hbond substituents is 1. The lowest BCUT2D eigenvalue weighted by molar-refractivity contribution is 0.315. The van der Waals surface area contributed by atoms with E-state index in [4.69, 9.17) is 5.73 Å². The van der Waals surface area contributed by atoms with Gasteiger partial charge in [-0.1, -0.05) is 12.5 Å². The van der Waals surface area contributed by atoms with Crippen molar-refractivity contribution in [1.82, 2.24) is 5.32 Å². The largest absolute Gasteiger partial charge is 0.507 e. The predicted octanol–water partition coefficient (Wildman–Crippen LogP) is 2.98. The Morgan fingerprint density at radius 1 is 1.47 bits per heavy atom. The van der Waals surface area contributed by atoms with E-state index in [1.165, 1.54) is 19.3 Å². The summed E-state index contributed by atoms with van der Waals surface area (Å²) in [6, 6.07) is 5.33. The first-order chi connectivity index (χ1) is 8.65. The molecule has 1 fully saturated rings. The number of nitrogens with one attached hydrogen (secondary N) is 1. The summed E-state index contributed by atoms with van der Waals surface area (Å²) >= 11 is 3.27. The molecule has 19 heavy (non-hydrogen) atoms. The van der Waals surface area contributed by atoms with Crippen molar-refractivity contribution in [3.63, 3.8) is 0 Å². The number of phenols is 1. The molecular weight excluding hydrogens is 421 g/mol. The van der Waals surface area contributed by atoms with Crippen LogP contribution in [0, 0.1) is 5.92 Å². The molecule has 1 aliphatic rings. The van der Waals surface area contributed by atoms with Gasteiger partial charge in [-0.3, -0.25) is 0 Å². The molecule has 2 rings (SSSR count). The van der Waals surface area contributed by atoms with Crippen molar-refractivity contribution < 1.29 is 5.11 Å². The normalized spacial score (nSPS) is 15.5. The number of halogens is 2. The summed E-state index contributed by atoms with van der Waals surface area (Å²) < 4.78 is 0.677. The van der Waals surface area contributed by atoms with Crippen LogP contribution in [0.2, 0.25) is 0 Å². The molecule has 4 nitrogen and oxygen atoms in total. The zero-order chi connectivity index (χ0) is 13.0. The quantitative estimate of drug-likeness (QED) is 0.383. The molecule has 0 unspecified atom stereocenters. The van der Waals surface area contributed by atoms with Gasteiger partial charge in [0.1, 0.15) is 5.75 Å². The van der Waals surface area contributed by atoms with Gasteiger partial charge in [0, 0.05) is 6.54 Å². The second kappa shape index (κ2) is 7.94. The van der Waals surface area contributed by atoms with Crippen LogP contribution in [0.1, 0.15) is 24.8 Å². The average Bonchev–Trinajstić information content (AvgIpc) is 2.29. The minimum absolute atomic E-state index is 0. The lowest BCUT2D eigenvalue weighted by Gasteiger charge is -2.25. The molecule has 1 aromatic carbocycles. The van der Waals surface area contributed by atoms with Crippen LogP contribution in [0.15, 0.2) is 27.7 Å². The van der Waals surface area contributed by atoms with Crippen molar-refractivity contribution in [2.75, 3.05) is 6.54 Å².